The van der Waals surface area contributed by atoms with Crippen molar-refractivity contribution in [3.63, 3.8) is 0 Å². The Labute approximate surface area is 111 Å². The van der Waals surface area contributed by atoms with Gasteiger partial charge in [0.1, 0.15) is 12.4 Å². The van der Waals surface area contributed by atoms with Crippen LogP contribution >= 0.6 is 0 Å². The molecule has 100 valence electrons. The number of benzene rings is 1. The molecule has 1 aromatic rings. The first kappa shape index (κ1) is 13.4. The molecule has 0 bridgehead atoms. The van der Waals surface area contributed by atoms with Gasteiger partial charge >= 0.3 is 0 Å². The average molecular weight is 247 g/mol. The van der Waals surface area contributed by atoms with E-state index in [1.807, 2.05) is 0 Å². The van der Waals surface area contributed by atoms with Crippen LogP contribution in [0.3, 0.4) is 0 Å². The molecular formula is C16H25NO. The van der Waals surface area contributed by atoms with Gasteiger partial charge in [-0.2, -0.15) is 0 Å². The first-order valence-electron chi connectivity index (χ1n) is 7.11. The van der Waals surface area contributed by atoms with E-state index >= 15 is 0 Å². The fourth-order valence-electron chi connectivity index (χ4n) is 1.99. The summed E-state index contributed by atoms with van der Waals surface area (Å²) in [6, 6.07) is 6.53. The highest BCUT2D eigenvalue weighted by molar-refractivity contribution is 5.37. The van der Waals surface area contributed by atoms with Crippen LogP contribution in [-0.2, 0) is 0 Å². The zero-order valence-corrected chi connectivity index (χ0v) is 11.8. The van der Waals surface area contributed by atoms with E-state index in [2.05, 4.69) is 44.3 Å². The number of nitrogens with one attached hydrogen (secondary N) is 1. The summed E-state index contributed by atoms with van der Waals surface area (Å²) < 4.78 is 5.87. The summed E-state index contributed by atoms with van der Waals surface area (Å²) in [6.07, 6.45) is 2.81. The van der Waals surface area contributed by atoms with Crippen LogP contribution in [-0.4, -0.2) is 19.7 Å². The summed E-state index contributed by atoms with van der Waals surface area (Å²) in [5.41, 5.74) is 2.57. The predicted octanol–water partition coefficient (Wildman–Crippen LogP) is 3.50. The zero-order chi connectivity index (χ0) is 13.0. The minimum Gasteiger partial charge on any atom is -0.492 e. The quantitative estimate of drug-likeness (QED) is 0.745. The van der Waals surface area contributed by atoms with Gasteiger partial charge in [0.15, 0.2) is 0 Å². The first-order chi connectivity index (χ1) is 8.66. The number of aryl methyl sites for hydroxylation is 1. The minimum absolute atomic E-state index is 0.556. The van der Waals surface area contributed by atoms with Gasteiger partial charge in [-0.25, -0.2) is 0 Å². The van der Waals surface area contributed by atoms with Gasteiger partial charge in [-0.15, -0.1) is 0 Å². The molecular weight excluding hydrogens is 222 g/mol. The lowest BCUT2D eigenvalue weighted by Gasteiger charge is -2.13. The van der Waals surface area contributed by atoms with Gasteiger partial charge in [0.05, 0.1) is 0 Å². The maximum absolute atomic E-state index is 5.87. The van der Waals surface area contributed by atoms with E-state index in [1.54, 1.807) is 0 Å². The molecule has 1 aliphatic carbocycles. The molecule has 1 N–H and O–H groups in total. The summed E-state index contributed by atoms with van der Waals surface area (Å²) in [7, 11) is 0. The molecule has 1 saturated carbocycles. The highest BCUT2D eigenvalue weighted by atomic mass is 16.5. The molecule has 1 aliphatic rings. The van der Waals surface area contributed by atoms with Crippen molar-refractivity contribution in [2.45, 2.75) is 39.5 Å². The van der Waals surface area contributed by atoms with Gasteiger partial charge in [0, 0.05) is 6.54 Å². The third-order valence-corrected chi connectivity index (χ3v) is 3.55. The van der Waals surface area contributed by atoms with Crippen molar-refractivity contribution in [3.05, 3.63) is 29.3 Å². The Bertz CT molecular complexity index is 383. The Kier molecular flexibility index (Phi) is 4.65. The lowest BCUT2D eigenvalue weighted by molar-refractivity contribution is 0.311. The van der Waals surface area contributed by atoms with Gasteiger partial charge in [-0.1, -0.05) is 26.0 Å². The molecule has 1 aromatic carbocycles. The van der Waals surface area contributed by atoms with Crippen LogP contribution in [0.15, 0.2) is 18.2 Å². The molecule has 2 nitrogen and oxygen atoms in total. The Hall–Kier alpha value is -1.02. The van der Waals surface area contributed by atoms with Crippen molar-refractivity contribution in [3.8, 4) is 5.75 Å². The van der Waals surface area contributed by atoms with Crippen LogP contribution in [0.1, 0.15) is 43.7 Å². The number of hydrogen-bond acceptors (Lipinski definition) is 2. The third-order valence-electron chi connectivity index (χ3n) is 3.55. The number of hydrogen-bond donors (Lipinski definition) is 1. The summed E-state index contributed by atoms with van der Waals surface area (Å²) in [6.45, 7) is 9.40. The molecule has 0 aromatic heterocycles. The van der Waals surface area contributed by atoms with Gasteiger partial charge in [-0.05, 0) is 55.3 Å². The van der Waals surface area contributed by atoms with Gasteiger partial charge < -0.3 is 10.1 Å². The molecule has 0 spiro atoms. The minimum atomic E-state index is 0.556. The van der Waals surface area contributed by atoms with E-state index in [0.29, 0.717) is 5.92 Å². The number of ether oxygens (including phenoxy) is 1. The molecule has 0 saturated heterocycles. The lowest BCUT2D eigenvalue weighted by Crippen LogP contribution is -2.23. The van der Waals surface area contributed by atoms with Crippen molar-refractivity contribution in [2.75, 3.05) is 19.7 Å². The Morgan fingerprint density at radius 2 is 2.11 bits per heavy atom. The van der Waals surface area contributed by atoms with Gasteiger partial charge in [0.2, 0.25) is 0 Å². The normalized spacial score (nSPS) is 15.1. The van der Waals surface area contributed by atoms with Crippen molar-refractivity contribution in [2.24, 2.45) is 5.92 Å². The maximum atomic E-state index is 5.87. The molecule has 0 unspecified atom stereocenters. The monoisotopic (exact) mass is 247 g/mol. The van der Waals surface area contributed by atoms with Crippen LogP contribution in [0.5, 0.6) is 5.75 Å². The molecule has 18 heavy (non-hydrogen) atoms. The summed E-state index contributed by atoms with van der Waals surface area (Å²) >= 11 is 0. The second kappa shape index (κ2) is 6.24. The van der Waals surface area contributed by atoms with Crippen LogP contribution in [0.4, 0.5) is 0 Å². The van der Waals surface area contributed by atoms with Gasteiger partial charge in [-0.3, -0.25) is 0 Å². The van der Waals surface area contributed by atoms with Crippen molar-refractivity contribution in [1.29, 1.82) is 0 Å². The fourth-order valence-corrected chi connectivity index (χ4v) is 1.99. The molecule has 2 rings (SSSR count). The van der Waals surface area contributed by atoms with E-state index in [9.17, 15) is 0 Å². The number of rotatable bonds is 7. The topological polar surface area (TPSA) is 21.3 Å². The van der Waals surface area contributed by atoms with Crippen LogP contribution in [0.2, 0.25) is 0 Å². The van der Waals surface area contributed by atoms with E-state index < -0.39 is 0 Å². The molecule has 0 amide bonds. The fraction of sp³-hybridized carbons (Fsp3) is 0.625. The standard InChI is InChI=1S/C16H25NO/c1-12(2)15-7-4-13(3)16(10-15)18-9-8-17-11-14-5-6-14/h4,7,10,12,14,17H,5-6,8-9,11H2,1-3H3. The van der Waals surface area contributed by atoms with E-state index in [0.717, 1.165) is 31.4 Å². The van der Waals surface area contributed by atoms with Crippen molar-refractivity contribution < 1.29 is 4.74 Å². The van der Waals surface area contributed by atoms with Crippen LogP contribution in [0, 0.1) is 12.8 Å². The average Bonchev–Trinajstić information content (AvgIpc) is 3.14. The summed E-state index contributed by atoms with van der Waals surface area (Å²) in [4.78, 5) is 0. The zero-order valence-electron chi connectivity index (χ0n) is 11.8. The Morgan fingerprint density at radius 3 is 2.78 bits per heavy atom. The van der Waals surface area contributed by atoms with Gasteiger partial charge in [0.25, 0.3) is 0 Å². The molecule has 0 heterocycles. The van der Waals surface area contributed by atoms with E-state index in [1.165, 1.54) is 24.0 Å². The molecule has 0 aliphatic heterocycles. The molecule has 0 atom stereocenters. The highest BCUT2D eigenvalue weighted by Gasteiger charge is 2.19. The molecule has 0 radical (unpaired) electrons. The smallest absolute Gasteiger partial charge is 0.122 e. The second-order valence-corrected chi connectivity index (χ2v) is 5.68. The molecule has 1 fully saturated rings. The largest absolute Gasteiger partial charge is 0.492 e. The lowest BCUT2D eigenvalue weighted by atomic mass is 10.0. The third kappa shape index (κ3) is 4.02. The van der Waals surface area contributed by atoms with Crippen LogP contribution < -0.4 is 10.1 Å². The maximum Gasteiger partial charge on any atom is 0.122 e. The predicted molar refractivity (Wildman–Crippen MR) is 76.4 cm³/mol. The Balaban J connectivity index is 1.77. The van der Waals surface area contributed by atoms with Crippen molar-refractivity contribution in [1.82, 2.24) is 5.32 Å². The van der Waals surface area contributed by atoms with E-state index in [-0.39, 0.29) is 0 Å². The SMILES string of the molecule is Cc1ccc(C(C)C)cc1OCCNCC1CC1. The van der Waals surface area contributed by atoms with Crippen molar-refractivity contribution >= 4 is 0 Å². The highest BCUT2D eigenvalue weighted by Crippen LogP contribution is 2.27. The molecule has 2 heteroatoms. The first-order valence-corrected chi connectivity index (χ1v) is 7.11. The van der Waals surface area contributed by atoms with Crippen LogP contribution in [0.25, 0.3) is 0 Å². The summed E-state index contributed by atoms with van der Waals surface area (Å²) in [5.74, 6) is 2.53. The Morgan fingerprint density at radius 1 is 1.33 bits per heavy atom. The summed E-state index contributed by atoms with van der Waals surface area (Å²) in [5, 5.41) is 3.45. The van der Waals surface area contributed by atoms with E-state index in [4.69, 9.17) is 4.74 Å². The second-order valence-electron chi connectivity index (χ2n) is 5.68.